The number of likely N-dealkylation sites (tertiary alicyclic amines) is 1. The molecule has 23 heavy (non-hydrogen) atoms. The van der Waals surface area contributed by atoms with Gasteiger partial charge >= 0.3 is 0 Å². The van der Waals surface area contributed by atoms with Gasteiger partial charge < -0.3 is 20.1 Å². The van der Waals surface area contributed by atoms with Crippen molar-refractivity contribution >= 4 is 11.8 Å². The van der Waals surface area contributed by atoms with Gasteiger partial charge in [0.1, 0.15) is 6.04 Å². The van der Waals surface area contributed by atoms with Crippen LogP contribution >= 0.6 is 0 Å². The second kappa shape index (κ2) is 7.59. The van der Waals surface area contributed by atoms with Crippen molar-refractivity contribution in [3.05, 3.63) is 18.7 Å². The first-order chi connectivity index (χ1) is 11.2. The highest BCUT2D eigenvalue weighted by Crippen LogP contribution is 2.16. The van der Waals surface area contributed by atoms with Gasteiger partial charge in [0, 0.05) is 38.4 Å². The van der Waals surface area contributed by atoms with Crippen molar-refractivity contribution < 1.29 is 9.59 Å². The third kappa shape index (κ3) is 4.54. The molecule has 2 N–H and O–H groups in total. The molecule has 1 aromatic rings. The average molecular weight is 319 g/mol. The van der Waals surface area contributed by atoms with E-state index in [0.717, 1.165) is 45.6 Å². The van der Waals surface area contributed by atoms with Crippen LogP contribution in [0.25, 0.3) is 0 Å². The zero-order valence-corrected chi connectivity index (χ0v) is 13.4. The Morgan fingerprint density at radius 1 is 1.30 bits per heavy atom. The summed E-state index contributed by atoms with van der Waals surface area (Å²) in [6.07, 6.45) is 8.96. The molecule has 2 saturated heterocycles. The molecule has 1 unspecified atom stereocenters. The van der Waals surface area contributed by atoms with E-state index in [1.807, 2.05) is 18.7 Å². The highest BCUT2D eigenvalue weighted by Gasteiger charge is 2.27. The Hall–Kier alpha value is -1.89. The molecule has 0 aliphatic carbocycles. The molecule has 2 fully saturated rings. The molecule has 3 rings (SSSR count). The van der Waals surface area contributed by atoms with Crippen LogP contribution in [0.1, 0.15) is 25.7 Å². The molecule has 7 heteroatoms. The number of aromatic nitrogens is 2. The molecule has 0 radical (unpaired) electrons. The second-order valence-electron chi connectivity index (χ2n) is 6.49. The first kappa shape index (κ1) is 16.0. The summed E-state index contributed by atoms with van der Waals surface area (Å²) in [5.41, 5.74) is 0. The minimum atomic E-state index is -0.322. The maximum absolute atomic E-state index is 12.0. The SMILES string of the molecule is O=C1CCC(C(=O)NCC2CCN(CCn3ccnc3)CC2)N1. The van der Waals surface area contributed by atoms with Crippen LogP contribution in [-0.4, -0.2) is 58.5 Å². The van der Waals surface area contributed by atoms with E-state index in [4.69, 9.17) is 0 Å². The van der Waals surface area contributed by atoms with Crippen molar-refractivity contribution in [1.29, 1.82) is 0 Å². The third-order valence-corrected chi connectivity index (χ3v) is 4.82. The number of hydrogen-bond donors (Lipinski definition) is 2. The Bertz CT molecular complexity index is 523. The molecule has 2 aliphatic heterocycles. The van der Waals surface area contributed by atoms with Gasteiger partial charge in [-0.05, 0) is 38.3 Å². The molecule has 3 heterocycles. The molecule has 0 aromatic carbocycles. The van der Waals surface area contributed by atoms with E-state index in [0.29, 0.717) is 18.8 Å². The summed E-state index contributed by atoms with van der Waals surface area (Å²) < 4.78 is 2.10. The van der Waals surface area contributed by atoms with Gasteiger partial charge in [0.15, 0.2) is 0 Å². The van der Waals surface area contributed by atoms with E-state index in [9.17, 15) is 9.59 Å². The number of amides is 2. The van der Waals surface area contributed by atoms with E-state index < -0.39 is 0 Å². The third-order valence-electron chi connectivity index (χ3n) is 4.82. The van der Waals surface area contributed by atoms with Crippen LogP contribution in [0.5, 0.6) is 0 Å². The summed E-state index contributed by atoms with van der Waals surface area (Å²) in [7, 11) is 0. The van der Waals surface area contributed by atoms with E-state index >= 15 is 0 Å². The van der Waals surface area contributed by atoms with Gasteiger partial charge in [0.2, 0.25) is 11.8 Å². The van der Waals surface area contributed by atoms with Crippen LogP contribution in [-0.2, 0) is 16.1 Å². The van der Waals surface area contributed by atoms with Crippen molar-refractivity contribution in [1.82, 2.24) is 25.1 Å². The summed E-state index contributed by atoms with van der Waals surface area (Å²) >= 11 is 0. The van der Waals surface area contributed by atoms with Crippen LogP contribution in [0.3, 0.4) is 0 Å². The Labute approximate surface area is 136 Å². The van der Waals surface area contributed by atoms with Crippen molar-refractivity contribution in [2.75, 3.05) is 26.2 Å². The van der Waals surface area contributed by atoms with Gasteiger partial charge in [-0.1, -0.05) is 0 Å². The van der Waals surface area contributed by atoms with E-state index in [1.54, 1.807) is 0 Å². The van der Waals surface area contributed by atoms with Crippen molar-refractivity contribution in [2.24, 2.45) is 5.92 Å². The van der Waals surface area contributed by atoms with Crippen LogP contribution < -0.4 is 10.6 Å². The van der Waals surface area contributed by atoms with Crippen molar-refractivity contribution in [2.45, 2.75) is 38.3 Å². The molecule has 126 valence electrons. The number of carbonyl (C=O) groups excluding carboxylic acids is 2. The number of rotatable bonds is 6. The lowest BCUT2D eigenvalue weighted by molar-refractivity contribution is -0.125. The first-order valence-electron chi connectivity index (χ1n) is 8.46. The van der Waals surface area contributed by atoms with Crippen LogP contribution in [0.4, 0.5) is 0 Å². The van der Waals surface area contributed by atoms with Crippen LogP contribution in [0.15, 0.2) is 18.7 Å². The number of nitrogens with one attached hydrogen (secondary N) is 2. The minimum Gasteiger partial charge on any atom is -0.354 e. The molecule has 7 nitrogen and oxygen atoms in total. The largest absolute Gasteiger partial charge is 0.354 e. The Kier molecular flexibility index (Phi) is 5.27. The summed E-state index contributed by atoms with van der Waals surface area (Å²) in [5.74, 6) is 0.496. The summed E-state index contributed by atoms with van der Waals surface area (Å²) in [5, 5.41) is 5.71. The Morgan fingerprint density at radius 3 is 2.78 bits per heavy atom. The lowest BCUT2D eigenvalue weighted by Crippen LogP contribution is -2.45. The number of carbonyl (C=O) groups is 2. The minimum absolute atomic E-state index is 0.0173. The number of hydrogen-bond acceptors (Lipinski definition) is 4. The average Bonchev–Trinajstić information content (AvgIpc) is 3.23. The summed E-state index contributed by atoms with van der Waals surface area (Å²) in [6.45, 7) is 4.90. The molecule has 1 atom stereocenters. The van der Waals surface area contributed by atoms with Gasteiger partial charge in [-0.25, -0.2) is 4.98 Å². The van der Waals surface area contributed by atoms with Crippen molar-refractivity contribution in [3.8, 4) is 0 Å². The molecule has 0 saturated carbocycles. The highest BCUT2D eigenvalue weighted by molar-refractivity contribution is 5.90. The topological polar surface area (TPSA) is 79.3 Å². The van der Waals surface area contributed by atoms with Crippen LogP contribution in [0, 0.1) is 5.92 Å². The van der Waals surface area contributed by atoms with E-state index in [2.05, 4.69) is 25.1 Å². The Balaban J connectivity index is 1.31. The molecule has 1 aromatic heterocycles. The molecule has 2 aliphatic rings. The number of imidazole rings is 1. The fourth-order valence-electron chi connectivity index (χ4n) is 3.27. The lowest BCUT2D eigenvalue weighted by atomic mass is 9.96. The van der Waals surface area contributed by atoms with E-state index in [-0.39, 0.29) is 17.9 Å². The van der Waals surface area contributed by atoms with Gasteiger partial charge in [-0.15, -0.1) is 0 Å². The maximum atomic E-state index is 12.0. The maximum Gasteiger partial charge on any atom is 0.242 e. The standard InChI is InChI=1S/C16H25N5O2/c22-15-2-1-14(19-15)16(23)18-11-13-3-6-20(7-4-13)9-10-21-8-5-17-12-21/h5,8,12-14H,1-4,6-7,9-11H2,(H,18,23)(H,19,22). The fraction of sp³-hybridized carbons (Fsp3) is 0.688. The normalized spacial score (nSPS) is 23.0. The first-order valence-corrected chi connectivity index (χ1v) is 8.46. The van der Waals surface area contributed by atoms with Gasteiger partial charge in [0.05, 0.1) is 6.33 Å². The zero-order valence-electron chi connectivity index (χ0n) is 13.4. The monoisotopic (exact) mass is 319 g/mol. The lowest BCUT2D eigenvalue weighted by Gasteiger charge is -2.32. The van der Waals surface area contributed by atoms with Gasteiger partial charge in [0.25, 0.3) is 0 Å². The predicted molar refractivity (Wildman–Crippen MR) is 85.6 cm³/mol. The number of nitrogens with zero attached hydrogens (tertiary/aromatic N) is 3. The molecule has 0 bridgehead atoms. The number of piperidine rings is 1. The molecular weight excluding hydrogens is 294 g/mol. The Morgan fingerprint density at radius 2 is 2.13 bits per heavy atom. The van der Waals surface area contributed by atoms with Gasteiger partial charge in [-0.3, -0.25) is 9.59 Å². The summed E-state index contributed by atoms with van der Waals surface area (Å²) in [4.78, 5) is 29.7. The zero-order chi connectivity index (χ0) is 16.1. The van der Waals surface area contributed by atoms with Crippen molar-refractivity contribution in [3.63, 3.8) is 0 Å². The molecular formula is C16H25N5O2. The summed E-state index contributed by atoms with van der Waals surface area (Å²) in [6, 6.07) is -0.322. The van der Waals surface area contributed by atoms with Crippen LogP contribution in [0.2, 0.25) is 0 Å². The smallest absolute Gasteiger partial charge is 0.242 e. The molecule has 2 amide bonds. The fourth-order valence-corrected chi connectivity index (χ4v) is 3.27. The predicted octanol–water partition coefficient (Wildman–Crippen LogP) is -0.0101. The quantitative estimate of drug-likeness (QED) is 0.773. The molecule has 0 spiro atoms. The second-order valence-corrected chi connectivity index (χ2v) is 6.49. The van der Waals surface area contributed by atoms with Gasteiger partial charge in [-0.2, -0.15) is 0 Å². The van der Waals surface area contributed by atoms with E-state index in [1.165, 1.54) is 0 Å². The highest BCUT2D eigenvalue weighted by atomic mass is 16.2.